The molecule has 1 unspecified atom stereocenters. The van der Waals surface area contributed by atoms with E-state index in [1.54, 1.807) is 0 Å². The van der Waals surface area contributed by atoms with E-state index in [1.807, 2.05) is 0 Å². The van der Waals surface area contributed by atoms with Crippen molar-refractivity contribution in [2.45, 2.75) is 47.0 Å². The Bertz CT molecular complexity index is 266. The van der Waals surface area contributed by atoms with Crippen LogP contribution >= 0.6 is 0 Å². The van der Waals surface area contributed by atoms with Crippen LogP contribution in [-0.2, 0) is 9.53 Å². The molecule has 0 radical (unpaired) electrons. The Balaban J connectivity index is 2.87. The minimum absolute atomic E-state index is 0.0409. The Morgan fingerprint density at radius 2 is 2.12 bits per heavy atom. The lowest BCUT2D eigenvalue weighted by Crippen LogP contribution is -2.52. The second-order valence-electron chi connectivity index (χ2n) is 6.42. The zero-order valence-corrected chi connectivity index (χ0v) is 11.9. The predicted octanol–water partition coefficient (Wildman–Crippen LogP) is 2.60. The third-order valence-electron chi connectivity index (χ3n) is 4.06. The van der Waals surface area contributed by atoms with E-state index in [0.717, 1.165) is 32.4 Å². The van der Waals surface area contributed by atoms with Gasteiger partial charge in [-0.25, -0.2) is 0 Å². The van der Waals surface area contributed by atoms with Crippen molar-refractivity contribution < 1.29 is 9.53 Å². The van der Waals surface area contributed by atoms with E-state index < -0.39 is 0 Å². The Labute approximate surface area is 105 Å². The minimum atomic E-state index is -0.306. The van der Waals surface area contributed by atoms with Crippen LogP contribution in [0.3, 0.4) is 0 Å². The minimum Gasteiger partial charge on any atom is -0.469 e. The van der Waals surface area contributed by atoms with E-state index in [-0.39, 0.29) is 16.8 Å². The number of esters is 1. The second-order valence-corrected chi connectivity index (χ2v) is 6.42. The zero-order valence-electron chi connectivity index (χ0n) is 11.9. The number of methoxy groups -OCH3 is 1. The molecule has 1 rings (SSSR count). The van der Waals surface area contributed by atoms with Gasteiger partial charge in [-0.1, -0.05) is 34.1 Å². The lowest BCUT2D eigenvalue weighted by molar-refractivity contribution is -0.156. The van der Waals surface area contributed by atoms with Crippen molar-refractivity contribution in [3.63, 3.8) is 0 Å². The molecule has 2 atom stereocenters. The molecule has 1 fully saturated rings. The fraction of sp³-hybridized carbons (Fsp3) is 0.929. The normalized spacial score (nSPS) is 30.1. The van der Waals surface area contributed by atoms with Crippen LogP contribution in [0.2, 0.25) is 0 Å². The standard InChI is InChI=1S/C14H27NO2/c1-6-7-14(12(16)17-5)8-11(9-15-10-14)13(2,3)4/h11,15H,6-10H2,1-5H3/t11?,14-/m1/s1. The Hall–Kier alpha value is -0.570. The quantitative estimate of drug-likeness (QED) is 0.772. The molecule has 100 valence electrons. The summed E-state index contributed by atoms with van der Waals surface area (Å²) in [4.78, 5) is 12.1. The summed E-state index contributed by atoms with van der Waals surface area (Å²) in [6, 6.07) is 0. The first kappa shape index (κ1) is 14.5. The molecule has 0 aliphatic carbocycles. The molecule has 3 heteroatoms. The summed E-state index contributed by atoms with van der Waals surface area (Å²) in [7, 11) is 1.50. The molecule has 3 nitrogen and oxygen atoms in total. The molecular weight excluding hydrogens is 214 g/mol. The lowest BCUT2D eigenvalue weighted by Gasteiger charge is -2.44. The number of rotatable bonds is 3. The monoisotopic (exact) mass is 241 g/mol. The summed E-state index contributed by atoms with van der Waals surface area (Å²) in [5, 5.41) is 3.43. The van der Waals surface area contributed by atoms with Gasteiger partial charge in [-0.3, -0.25) is 4.79 Å². The van der Waals surface area contributed by atoms with Gasteiger partial charge >= 0.3 is 5.97 Å². The van der Waals surface area contributed by atoms with Crippen molar-refractivity contribution in [2.75, 3.05) is 20.2 Å². The molecule has 0 aromatic rings. The number of hydrogen-bond donors (Lipinski definition) is 1. The van der Waals surface area contributed by atoms with E-state index in [9.17, 15) is 4.79 Å². The van der Waals surface area contributed by atoms with Gasteiger partial charge < -0.3 is 10.1 Å². The van der Waals surface area contributed by atoms with Crippen LogP contribution in [0.15, 0.2) is 0 Å². The maximum Gasteiger partial charge on any atom is 0.313 e. The molecule has 0 spiro atoms. The van der Waals surface area contributed by atoms with Crippen LogP contribution in [-0.4, -0.2) is 26.2 Å². The van der Waals surface area contributed by atoms with Crippen molar-refractivity contribution in [1.82, 2.24) is 5.32 Å². The number of piperidine rings is 1. The van der Waals surface area contributed by atoms with Crippen molar-refractivity contribution in [1.29, 1.82) is 0 Å². The number of carbonyl (C=O) groups is 1. The topological polar surface area (TPSA) is 38.3 Å². The molecule has 17 heavy (non-hydrogen) atoms. The molecule has 1 aliphatic heterocycles. The summed E-state index contributed by atoms with van der Waals surface area (Å²) in [5.41, 5.74) is -0.0693. The SMILES string of the molecule is CCC[C@]1(C(=O)OC)CNCC(C(C)(C)C)C1. The summed E-state index contributed by atoms with van der Waals surface area (Å²) in [5.74, 6) is 0.489. The van der Waals surface area contributed by atoms with Gasteiger partial charge in [-0.2, -0.15) is 0 Å². The van der Waals surface area contributed by atoms with Crippen LogP contribution in [0.5, 0.6) is 0 Å². The molecule has 1 N–H and O–H groups in total. The highest BCUT2D eigenvalue weighted by atomic mass is 16.5. The summed E-state index contributed by atoms with van der Waals surface area (Å²) < 4.78 is 5.03. The molecular formula is C14H27NO2. The van der Waals surface area contributed by atoms with Gasteiger partial charge in [0.1, 0.15) is 0 Å². The average molecular weight is 241 g/mol. The number of ether oxygens (including phenoxy) is 1. The van der Waals surface area contributed by atoms with Crippen LogP contribution in [0.1, 0.15) is 47.0 Å². The van der Waals surface area contributed by atoms with Crippen LogP contribution < -0.4 is 5.32 Å². The van der Waals surface area contributed by atoms with Gasteiger partial charge in [0.05, 0.1) is 12.5 Å². The molecule has 0 amide bonds. The van der Waals surface area contributed by atoms with Gasteiger partial charge in [0, 0.05) is 6.54 Å². The highest BCUT2D eigenvalue weighted by Gasteiger charge is 2.45. The Morgan fingerprint density at radius 3 is 2.59 bits per heavy atom. The summed E-state index contributed by atoms with van der Waals surface area (Å²) >= 11 is 0. The molecule has 0 bridgehead atoms. The maximum absolute atomic E-state index is 12.1. The third-order valence-corrected chi connectivity index (χ3v) is 4.06. The summed E-state index contributed by atoms with van der Waals surface area (Å²) in [6.07, 6.45) is 2.89. The highest BCUT2D eigenvalue weighted by Crippen LogP contribution is 2.41. The van der Waals surface area contributed by atoms with Crippen molar-refractivity contribution >= 4 is 5.97 Å². The molecule has 1 aliphatic rings. The second kappa shape index (κ2) is 5.38. The number of nitrogens with one attached hydrogen (secondary N) is 1. The van der Waals surface area contributed by atoms with Crippen LogP contribution in [0, 0.1) is 16.7 Å². The molecule has 1 saturated heterocycles. The molecule has 1 heterocycles. The van der Waals surface area contributed by atoms with E-state index in [2.05, 4.69) is 33.0 Å². The largest absolute Gasteiger partial charge is 0.469 e. The van der Waals surface area contributed by atoms with Gasteiger partial charge in [0.2, 0.25) is 0 Å². The maximum atomic E-state index is 12.1. The first-order chi connectivity index (χ1) is 7.85. The first-order valence-corrected chi connectivity index (χ1v) is 6.65. The van der Waals surface area contributed by atoms with Crippen molar-refractivity contribution in [3.8, 4) is 0 Å². The van der Waals surface area contributed by atoms with Crippen LogP contribution in [0.4, 0.5) is 0 Å². The fourth-order valence-electron chi connectivity index (χ4n) is 2.86. The lowest BCUT2D eigenvalue weighted by atomic mass is 9.66. The van der Waals surface area contributed by atoms with Crippen molar-refractivity contribution in [3.05, 3.63) is 0 Å². The van der Waals surface area contributed by atoms with Gasteiger partial charge in [-0.15, -0.1) is 0 Å². The fourth-order valence-corrected chi connectivity index (χ4v) is 2.86. The molecule has 0 saturated carbocycles. The predicted molar refractivity (Wildman–Crippen MR) is 69.8 cm³/mol. The van der Waals surface area contributed by atoms with E-state index in [4.69, 9.17) is 4.74 Å². The van der Waals surface area contributed by atoms with E-state index >= 15 is 0 Å². The third kappa shape index (κ3) is 3.21. The Morgan fingerprint density at radius 1 is 1.47 bits per heavy atom. The molecule has 0 aromatic heterocycles. The van der Waals surface area contributed by atoms with Gasteiger partial charge in [0.15, 0.2) is 0 Å². The van der Waals surface area contributed by atoms with Crippen LogP contribution in [0.25, 0.3) is 0 Å². The van der Waals surface area contributed by atoms with Gasteiger partial charge in [0.25, 0.3) is 0 Å². The first-order valence-electron chi connectivity index (χ1n) is 6.65. The smallest absolute Gasteiger partial charge is 0.313 e. The van der Waals surface area contributed by atoms with Gasteiger partial charge in [-0.05, 0) is 30.7 Å². The zero-order chi connectivity index (χ0) is 13.1. The average Bonchev–Trinajstić information content (AvgIpc) is 2.27. The highest BCUT2D eigenvalue weighted by molar-refractivity contribution is 5.77. The van der Waals surface area contributed by atoms with Crippen molar-refractivity contribution in [2.24, 2.45) is 16.7 Å². The number of hydrogen-bond acceptors (Lipinski definition) is 3. The Kier molecular flexibility index (Phi) is 4.59. The molecule has 0 aromatic carbocycles. The summed E-state index contributed by atoms with van der Waals surface area (Å²) in [6.45, 7) is 10.6. The van der Waals surface area contributed by atoms with E-state index in [0.29, 0.717) is 5.92 Å². The number of carbonyl (C=O) groups excluding carboxylic acids is 1. The van der Waals surface area contributed by atoms with E-state index in [1.165, 1.54) is 7.11 Å².